The molecule has 2 fully saturated rings. The molecule has 0 bridgehead atoms. The normalized spacial score (nSPS) is 19.9. The van der Waals surface area contributed by atoms with Crippen LogP contribution in [0.4, 0.5) is 43.7 Å². The second-order valence-corrected chi connectivity index (χ2v) is 10.8. The summed E-state index contributed by atoms with van der Waals surface area (Å²) >= 11 is 0. The van der Waals surface area contributed by atoms with Crippen molar-refractivity contribution in [1.82, 2.24) is 14.9 Å². The minimum absolute atomic E-state index is 0.0270. The van der Waals surface area contributed by atoms with Crippen molar-refractivity contribution in [3.8, 4) is 11.1 Å². The van der Waals surface area contributed by atoms with Gasteiger partial charge in [-0.1, -0.05) is 0 Å². The van der Waals surface area contributed by atoms with Gasteiger partial charge in [0.25, 0.3) is 5.91 Å². The standard InChI is InChI=1S/C29H30F6N6O2/c1-16-14-40(7-6-39(16)3)23-11-22(31)24(18-12-36-28(37-13-18)41-8-9-43-17(2)15-41)25(32)26(23)38-27(42)20-5-4-19(30)10-21(20)29(33,34)35/h4-5,10-13,16-17H,6-9,14-15H2,1-3H3,(H,38,42). The lowest BCUT2D eigenvalue weighted by molar-refractivity contribution is -0.138. The number of nitrogens with zero attached hydrogens (tertiary/aromatic N) is 5. The highest BCUT2D eigenvalue weighted by atomic mass is 19.4. The highest BCUT2D eigenvalue weighted by Gasteiger charge is 2.37. The molecule has 0 radical (unpaired) electrons. The van der Waals surface area contributed by atoms with Gasteiger partial charge < -0.3 is 24.8 Å². The van der Waals surface area contributed by atoms with Crippen molar-refractivity contribution in [2.24, 2.45) is 0 Å². The molecule has 2 saturated heterocycles. The number of hydrogen-bond acceptors (Lipinski definition) is 7. The lowest BCUT2D eigenvalue weighted by Crippen LogP contribution is -2.50. The van der Waals surface area contributed by atoms with E-state index in [1.54, 1.807) is 4.90 Å². The van der Waals surface area contributed by atoms with Crippen LogP contribution in [0.2, 0.25) is 0 Å². The summed E-state index contributed by atoms with van der Waals surface area (Å²) in [6.45, 7) is 6.53. The Hall–Kier alpha value is -3.91. The average molecular weight is 609 g/mol. The molecule has 0 saturated carbocycles. The minimum atomic E-state index is -5.06. The number of nitrogens with one attached hydrogen (secondary N) is 1. The van der Waals surface area contributed by atoms with E-state index in [2.05, 4.69) is 15.3 Å². The Balaban J connectivity index is 1.57. The van der Waals surface area contributed by atoms with Crippen LogP contribution in [0.5, 0.6) is 0 Å². The largest absolute Gasteiger partial charge is 0.417 e. The van der Waals surface area contributed by atoms with Gasteiger partial charge in [-0.05, 0) is 39.1 Å². The van der Waals surface area contributed by atoms with Gasteiger partial charge in [0.2, 0.25) is 5.95 Å². The Labute approximate surface area is 244 Å². The second-order valence-electron chi connectivity index (χ2n) is 10.8. The van der Waals surface area contributed by atoms with E-state index >= 15 is 8.78 Å². The van der Waals surface area contributed by atoms with Crippen LogP contribution in [0.25, 0.3) is 11.1 Å². The zero-order chi connectivity index (χ0) is 31.1. The molecule has 1 N–H and O–H groups in total. The maximum Gasteiger partial charge on any atom is 0.417 e. The lowest BCUT2D eigenvalue weighted by Gasteiger charge is -2.39. The van der Waals surface area contributed by atoms with Gasteiger partial charge in [0.15, 0.2) is 5.82 Å². The number of ether oxygens (including phenoxy) is 1. The van der Waals surface area contributed by atoms with E-state index in [1.807, 2.05) is 30.7 Å². The summed E-state index contributed by atoms with van der Waals surface area (Å²) in [6.07, 6.45) is -2.63. The Morgan fingerprint density at radius 1 is 1.00 bits per heavy atom. The molecule has 2 aromatic carbocycles. The second kappa shape index (κ2) is 12.0. The molecule has 1 aromatic heterocycles. The Kier molecular flexibility index (Phi) is 8.52. The number of alkyl halides is 3. The maximum absolute atomic E-state index is 16.3. The number of aromatic nitrogens is 2. The van der Waals surface area contributed by atoms with Crippen molar-refractivity contribution < 1.29 is 35.9 Å². The minimum Gasteiger partial charge on any atom is -0.375 e. The van der Waals surface area contributed by atoms with Crippen LogP contribution in [0.15, 0.2) is 36.7 Å². The van der Waals surface area contributed by atoms with Crippen LogP contribution in [-0.4, -0.2) is 79.3 Å². The molecular weight excluding hydrogens is 578 g/mol. The first kappa shape index (κ1) is 30.5. The predicted octanol–water partition coefficient (Wildman–Crippen LogP) is 5.20. The molecule has 2 atom stereocenters. The third kappa shape index (κ3) is 6.39. The van der Waals surface area contributed by atoms with Crippen molar-refractivity contribution in [2.45, 2.75) is 32.2 Å². The van der Waals surface area contributed by atoms with Gasteiger partial charge in [-0.15, -0.1) is 0 Å². The number of anilines is 3. The molecule has 0 spiro atoms. The maximum atomic E-state index is 16.3. The third-order valence-corrected chi connectivity index (χ3v) is 7.72. The summed E-state index contributed by atoms with van der Waals surface area (Å²) in [5.74, 6) is -4.36. The summed E-state index contributed by atoms with van der Waals surface area (Å²) in [7, 11) is 1.89. The molecule has 43 heavy (non-hydrogen) atoms. The summed E-state index contributed by atoms with van der Waals surface area (Å²) in [5, 5.41) is 2.23. The fourth-order valence-electron chi connectivity index (χ4n) is 5.25. The van der Waals surface area contributed by atoms with E-state index in [0.29, 0.717) is 57.4 Å². The number of carbonyl (C=O) groups is 1. The average Bonchev–Trinajstić information content (AvgIpc) is 2.95. The number of piperazine rings is 1. The van der Waals surface area contributed by atoms with Crippen molar-refractivity contribution in [2.75, 3.05) is 61.5 Å². The van der Waals surface area contributed by atoms with Gasteiger partial charge in [-0.3, -0.25) is 4.79 Å². The quantitative estimate of drug-likeness (QED) is 0.400. The van der Waals surface area contributed by atoms with Crippen LogP contribution in [0.3, 0.4) is 0 Å². The first-order valence-electron chi connectivity index (χ1n) is 13.7. The van der Waals surface area contributed by atoms with E-state index in [0.717, 1.165) is 6.07 Å². The van der Waals surface area contributed by atoms with Gasteiger partial charge >= 0.3 is 6.18 Å². The summed E-state index contributed by atoms with van der Waals surface area (Å²) in [6, 6.07) is 2.58. The van der Waals surface area contributed by atoms with E-state index < -0.39 is 51.9 Å². The molecular formula is C29H30F6N6O2. The van der Waals surface area contributed by atoms with Crippen LogP contribution < -0.4 is 15.1 Å². The first-order chi connectivity index (χ1) is 20.3. The topological polar surface area (TPSA) is 73.8 Å². The molecule has 0 aliphatic carbocycles. The van der Waals surface area contributed by atoms with Crippen molar-refractivity contribution in [3.63, 3.8) is 0 Å². The Bertz CT molecular complexity index is 1500. The predicted molar refractivity (Wildman–Crippen MR) is 149 cm³/mol. The molecule has 14 heteroatoms. The zero-order valence-electron chi connectivity index (χ0n) is 23.7. The monoisotopic (exact) mass is 608 g/mol. The van der Waals surface area contributed by atoms with Gasteiger partial charge in [0, 0.05) is 62.8 Å². The number of morpholine rings is 1. The molecule has 8 nitrogen and oxygen atoms in total. The van der Waals surface area contributed by atoms with Gasteiger partial charge in [-0.25, -0.2) is 23.1 Å². The zero-order valence-corrected chi connectivity index (χ0v) is 23.7. The number of likely N-dealkylation sites (N-methyl/N-ethyl adjacent to an activating group) is 1. The SMILES string of the molecule is CC1CN(c2ncc(-c3c(F)cc(N4CCN(C)C(C)C4)c(NC(=O)c4ccc(F)cc4C(F)(F)F)c3F)cn2)CCO1. The molecule has 3 heterocycles. The number of rotatable bonds is 5. The van der Waals surface area contributed by atoms with Crippen LogP contribution in [-0.2, 0) is 10.9 Å². The number of benzene rings is 2. The first-order valence-corrected chi connectivity index (χ1v) is 13.7. The van der Waals surface area contributed by atoms with Crippen molar-refractivity contribution >= 4 is 23.2 Å². The van der Waals surface area contributed by atoms with Crippen LogP contribution in [0.1, 0.15) is 29.8 Å². The van der Waals surface area contributed by atoms with E-state index in [1.165, 1.54) is 12.4 Å². The van der Waals surface area contributed by atoms with Crippen molar-refractivity contribution in [3.05, 3.63) is 65.2 Å². The summed E-state index contributed by atoms with van der Waals surface area (Å²) in [5.41, 5.74) is -3.58. The molecule has 1 amide bonds. The van der Waals surface area contributed by atoms with Gasteiger partial charge in [0.1, 0.15) is 17.3 Å². The molecule has 5 rings (SSSR count). The number of carbonyl (C=O) groups excluding carboxylic acids is 1. The fraction of sp³-hybridized carbons (Fsp3) is 0.414. The Morgan fingerprint density at radius 3 is 2.37 bits per heavy atom. The summed E-state index contributed by atoms with van der Waals surface area (Å²) < 4.78 is 92.2. The van der Waals surface area contributed by atoms with Gasteiger partial charge in [0.05, 0.1) is 35.1 Å². The molecule has 2 aliphatic heterocycles. The smallest absolute Gasteiger partial charge is 0.375 e. The number of halogens is 6. The molecule has 2 unspecified atom stereocenters. The lowest BCUT2D eigenvalue weighted by atomic mass is 10.0. The summed E-state index contributed by atoms with van der Waals surface area (Å²) in [4.78, 5) is 27.3. The fourth-order valence-corrected chi connectivity index (χ4v) is 5.25. The van der Waals surface area contributed by atoms with Crippen LogP contribution in [0, 0.1) is 17.5 Å². The van der Waals surface area contributed by atoms with E-state index in [9.17, 15) is 22.4 Å². The molecule has 230 valence electrons. The Morgan fingerprint density at radius 2 is 1.72 bits per heavy atom. The third-order valence-electron chi connectivity index (χ3n) is 7.72. The van der Waals surface area contributed by atoms with Crippen molar-refractivity contribution in [1.29, 1.82) is 0 Å². The van der Waals surface area contributed by atoms with Gasteiger partial charge in [-0.2, -0.15) is 13.2 Å². The number of hydrogen-bond donors (Lipinski definition) is 1. The molecule has 3 aromatic rings. The van der Waals surface area contributed by atoms with Crippen LogP contribution >= 0.6 is 0 Å². The number of amides is 1. The van der Waals surface area contributed by atoms with E-state index in [-0.39, 0.29) is 29.5 Å². The highest BCUT2D eigenvalue weighted by molar-refractivity contribution is 6.07. The highest BCUT2D eigenvalue weighted by Crippen LogP contribution is 2.40. The molecule has 2 aliphatic rings. The van der Waals surface area contributed by atoms with E-state index in [4.69, 9.17) is 4.74 Å².